The van der Waals surface area contributed by atoms with Crippen molar-refractivity contribution in [2.24, 2.45) is 0 Å². The van der Waals surface area contributed by atoms with Gasteiger partial charge in [-0.25, -0.2) is 4.79 Å². The third-order valence-electron chi connectivity index (χ3n) is 3.76. The van der Waals surface area contributed by atoms with Gasteiger partial charge in [-0.15, -0.1) is 10.8 Å². The molecule has 1 saturated heterocycles. The molecule has 1 heterocycles. The molecule has 2 amide bonds. The Morgan fingerprint density at radius 3 is 1.62 bits per heavy atom. The summed E-state index contributed by atoms with van der Waals surface area (Å²) in [6.45, 7) is 13.1. The van der Waals surface area contributed by atoms with Crippen molar-refractivity contribution < 1.29 is 19.2 Å². The summed E-state index contributed by atoms with van der Waals surface area (Å²) in [5.41, 5.74) is 3.19. The van der Waals surface area contributed by atoms with Gasteiger partial charge in [0.25, 0.3) is 11.8 Å². The molecule has 0 aromatic carbocycles. The normalized spacial score (nSPS) is 13.6. The molecular formula is C23H39NO4Sn. The number of hydrogen-bond donors (Lipinski definition) is 0. The second kappa shape index (κ2) is 23.0. The average molecular weight is 512 g/mol. The molecule has 4 radical (unpaired) electrons. The van der Waals surface area contributed by atoms with Crippen molar-refractivity contribution in [2.75, 3.05) is 0 Å². The molecule has 0 unspecified atom stereocenters. The van der Waals surface area contributed by atoms with Crippen LogP contribution in [-0.4, -0.2) is 46.8 Å². The molecule has 0 atom stereocenters. The van der Waals surface area contributed by atoms with Gasteiger partial charge in [0.05, 0.1) is 0 Å². The first kappa shape index (κ1) is 32.3. The zero-order valence-corrected chi connectivity index (χ0v) is 22.0. The first-order chi connectivity index (χ1) is 13.4. The Morgan fingerprint density at radius 2 is 1.31 bits per heavy atom. The standard InChI is InChI=1S/C11H9NO4.3C4H10.Sn/c13-9-6-7-10(14)12(9)16-11(15)8-4-2-1-3-5-8;3*1-3-4-2;/h2-4H,5-7H2;3*3-4H2,1-2H3;. The molecule has 29 heavy (non-hydrogen) atoms. The summed E-state index contributed by atoms with van der Waals surface area (Å²) in [6.07, 6.45) is 13.3. The van der Waals surface area contributed by atoms with Gasteiger partial charge in [0.2, 0.25) is 0 Å². The maximum Gasteiger partial charge on any atom is 0.360 e. The zero-order valence-electron chi connectivity index (χ0n) is 19.2. The summed E-state index contributed by atoms with van der Waals surface area (Å²) < 4.78 is 0. The number of nitrogens with zero attached hydrogens (tertiary/aromatic N) is 1. The van der Waals surface area contributed by atoms with Crippen LogP contribution in [0.4, 0.5) is 0 Å². The van der Waals surface area contributed by atoms with Crippen molar-refractivity contribution in [3.8, 4) is 0 Å². The summed E-state index contributed by atoms with van der Waals surface area (Å²) >= 11 is 0. The van der Waals surface area contributed by atoms with E-state index in [2.05, 4.69) is 47.3 Å². The van der Waals surface area contributed by atoms with Crippen LogP contribution < -0.4 is 0 Å². The molecule has 2 rings (SSSR count). The molecular weight excluding hydrogens is 473 g/mol. The first-order valence-corrected chi connectivity index (χ1v) is 10.6. The zero-order chi connectivity index (χ0) is 21.8. The minimum Gasteiger partial charge on any atom is -0.325 e. The van der Waals surface area contributed by atoms with E-state index in [1.54, 1.807) is 18.2 Å². The van der Waals surface area contributed by atoms with Crippen LogP contribution in [-0.2, 0) is 19.2 Å². The number of hydroxylamine groups is 2. The maximum absolute atomic E-state index is 11.5. The molecule has 0 aromatic rings. The molecule has 5 nitrogen and oxygen atoms in total. The van der Waals surface area contributed by atoms with E-state index in [9.17, 15) is 14.4 Å². The van der Waals surface area contributed by atoms with Gasteiger partial charge in [0, 0.05) is 48.7 Å². The number of unbranched alkanes of at least 4 members (excludes halogenated alkanes) is 3. The Labute approximate surface area is 194 Å². The molecule has 2 aliphatic rings. The second-order valence-corrected chi connectivity index (χ2v) is 6.39. The monoisotopic (exact) mass is 513 g/mol. The summed E-state index contributed by atoms with van der Waals surface area (Å²) in [4.78, 5) is 38.6. The van der Waals surface area contributed by atoms with Crippen LogP contribution in [0.25, 0.3) is 0 Å². The Kier molecular flexibility index (Phi) is 25.6. The van der Waals surface area contributed by atoms with E-state index in [-0.39, 0.29) is 36.7 Å². The first-order valence-electron chi connectivity index (χ1n) is 10.6. The number of allylic oxidation sites excluding steroid dienone is 2. The van der Waals surface area contributed by atoms with Gasteiger partial charge >= 0.3 is 5.97 Å². The third kappa shape index (κ3) is 17.3. The summed E-state index contributed by atoms with van der Waals surface area (Å²) in [6, 6.07) is 0. The van der Waals surface area contributed by atoms with E-state index >= 15 is 0 Å². The van der Waals surface area contributed by atoms with Crippen molar-refractivity contribution in [2.45, 2.75) is 99.3 Å². The number of carbonyl (C=O) groups is 3. The minimum absolute atomic E-state index is 0. The number of hydrogen-bond acceptors (Lipinski definition) is 4. The van der Waals surface area contributed by atoms with E-state index < -0.39 is 17.8 Å². The number of imide groups is 1. The van der Waals surface area contributed by atoms with E-state index in [1.807, 2.05) is 0 Å². The predicted octanol–water partition coefficient (Wildman–Crippen LogP) is 5.67. The van der Waals surface area contributed by atoms with Crippen LogP contribution >= 0.6 is 0 Å². The third-order valence-corrected chi connectivity index (χ3v) is 3.76. The Morgan fingerprint density at radius 1 is 0.897 bits per heavy atom. The summed E-state index contributed by atoms with van der Waals surface area (Å²) in [5, 5.41) is 0.547. The van der Waals surface area contributed by atoms with Crippen LogP contribution in [0.15, 0.2) is 29.5 Å². The SMILES string of the molecule is CCCC.CCCC.CCCC.O=C(ON1C(=O)CCC1=O)C1=CC=C=CC1.[Sn]. The van der Waals surface area contributed by atoms with Crippen molar-refractivity contribution in [3.05, 3.63) is 29.5 Å². The fourth-order valence-corrected chi connectivity index (χ4v) is 1.40. The van der Waals surface area contributed by atoms with Gasteiger partial charge in [0.1, 0.15) is 0 Å². The molecule has 1 aliphatic carbocycles. The smallest absolute Gasteiger partial charge is 0.325 e. The predicted molar refractivity (Wildman–Crippen MR) is 120 cm³/mol. The second-order valence-electron chi connectivity index (χ2n) is 6.39. The van der Waals surface area contributed by atoms with Gasteiger partial charge in [-0.1, -0.05) is 80.1 Å². The van der Waals surface area contributed by atoms with Crippen LogP contribution in [0.3, 0.4) is 0 Å². The molecule has 164 valence electrons. The molecule has 0 N–H and O–H groups in total. The molecule has 1 fully saturated rings. The molecule has 0 bridgehead atoms. The van der Waals surface area contributed by atoms with Gasteiger partial charge in [-0.2, -0.15) is 0 Å². The van der Waals surface area contributed by atoms with Gasteiger partial charge in [-0.3, -0.25) is 9.59 Å². The van der Waals surface area contributed by atoms with Crippen LogP contribution in [0, 0.1) is 0 Å². The van der Waals surface area contributed by atoms with Gasteiger partial charge in [0.15, 0.2) is 0 Å². The van der Waals surface area contributed by atoms with Crippen molar-refractivity contribution >= 4 is 41.7 Å². The summed E-state index contributed by atoms with van der Waals surface area (Å²) in [7, 11) is 0. The number of rotatable bonds is 5. The Bertz CT molecular complexity index is 518. The molecule has 1 aliphatic heterocycles. The molecule has 6 heteroatoms. The molecule has 0 aromatic heterocycles. The van der Waals surface area contributed by atoms with E-state index in [4.69, 9.17) is 4.84 Å². The van der Waals surface area contributed by atoms with Gasteiger partial charge < -0.3 is 4.84 Å². The minimum atomic E-state index is -0.669. The fourth-order valence-electron chi connectivity index (χ4n) is 1.40. The Balaban J connectivity index is -0.000000434. The van der Waals surface area contributed by atoms with Gasteiger partial charge in [-0.05, 0) is 18.2 Å². The molecule has 0 saturated carbocycles. The van der Waals surface area contributed by atoms with E-state index in [0.717, 1.165) is 0 Å². The van der Waals surface area contributed by atoms with E-state index in [0.29, 0.717) is 17.1 Å². The van der Waals surface area contributed by atoms with Crippen molar-refractivity contribution in [1.29, 1.82) is 0 Å². The largest absolute Gasteiger partial charge is 0.360 e. The molecule has 0 spiro atoms. The van der Waals surface area contributed by atoms with Crippen molar-refractivity contribution in [1.82, 2.24) is 5.06 Å². The van der Waals surface area contributed by atoms with E-state index in [1.165, 1.54) is 38.5 Å². The number of amides is 2. The van der Waals surface area contributed by atoms with Crippen LogP contribution in [0.5, 0.6) is 0 Å². The van der Waals surface area contributed by atoms with Crippen LogP contribution in [0.2, 0.25) is 0 Å². The summed E-state index contributed by atoms with van der Waals surface area (Å²) in [5.74, 6) is -1.61. The van der Waals surface area contributed by atoms with Crippen LogP contribution in [0.1, 0.15) is 99.3 Å². The number of carbonyl (C=O) groups excluding carboxylic acids is 3. The quantitative estimate of drug-likeness (QED) is 0.271. The van der Waals surface area contributed by atoms with Crippen molar-refractivity contribution in [3.63, 3.8) is 0 Å². The maximum atomic E-state index is 11.5. The average Bonchev–Trinajstić information content (AvgIpc) is 3.06. The fraction of sp³-hybridized carbons (Fsp3) is 0.652. The topological polar surface area (TPSA) is 63.7 Å². The Hall–Kier alpha value is -1.33.